The first-order chi connectivity index (χ1) is 17.0. The third-order valence-corrected chi connectivity index (χ3v) is 6.07. The first kappa shape index (κ1) is 24.6. The largest absolute Gasteiger partial charge is 0.494 e. The minimum absolute atomic E-state index is 0.147. The minimum Gasteiger partial charge on any atom is -0.494 e. The van der Waals surface area contributed by atoms with Crippen LogP contribution in [0.2, 0.25) is 0 Å². The summed E-state index contributed by atoms with van der Waals surface area (Å²) in [7, 11) is 0. The molecule has 2 N–H and O–H groups in total. The van der Waals surface area contributed by atoms with Crippen LogP contribution in [0.5, 0.6) is 5.75 Å². The molecule has 1 fully saturated rings. The number of carbonyl (C=O) groups is 1. The van der Waals surface area contributed by atoms with Gasteiger partial charge in [0.25, 0.3) is 5.91 Å². The summed E-state index contributed by atoms with van der Waals surface area (Å²) in [5, 5.41) is 5.99. The number of nitrogens with zero attached hydrogens (tertiary/aromatic N) is 2. The van der Waals surface area contributed by atoms with Crippen LogP contribution >= 0.6 is 12.2 Å². The number of anilines is 2. The fraction of sp³-hybridized carbons (Fsp3) is 0.259. The van der Waals surface area contributed by atoms with Crippen LogP contribution in [0.15, 0.2) is 72.8 Å². The average molecular weight is 493 g/mol. The number of thiocarbonyl (C=S) groups is 1. The van der Waals surface area contributed by atoms with Crippen molar-refractivity contribution in [2.45, 2.75) is 13.5 Å². The summed E-state index contributed by atoms with van der Waals surface area (Å²) < 4.78 is 19.3. The number of hydrogen-bond donors (Lipinski definition) is 2. The molecule has 1 aliphatic heterocycles. The molecular weight excluding hydrogens is 463 g/mol. The van der Waals surface area contributed by atoms with Gasteiger partial charge in [-0.05, 0) is 73.7 Å². The molecule has 3 aromatic rings. The molecule has 0 aliphatic carbocycles. The normalized spacial score (nSPS) is 13.8. The van der Waals surface area contributed by atoms with E-state index < -0.39 is 0 Å². The molecule has 0 spiro atoms. The van der Waals surface area contributed by atoms with Crippen molar-refractivity contribution in [2.24, 2.45) is 0 Å². The van der Waals surface area contributed by atoms with Crippen molar-refractivity contribution in [3.8, 4) is 5.75 Å². The lowest BCUT2D eigenvalue weighted by atomic mass is 10.1. The highest BCUT2D eigenvalue weighted by Crippen LogP contribution is 2.21. The lowest BCUT2D eigenvalue weighted by Gasteiger charge is -2.36. The summed E-state index contributed by atoms with van der Waals surface area (Å²) in [6.07, 6.45) is 0. The molecule has 0 bridgehead atoms. The van der Waals surface area contributed by atoms with Crippen LogP contribution in [0, 0.1) is 5.82 Å². The second-order valence-corrected chi connectivity index (χ2v) is 8.68. The van der Waals surface area contributed by atoms with Crippen molar-refractivity contribution < 1.29 is 13.9 Å². The average Bonchev–Trinajstić information content (AvgIpc) is 2.87. The van der Waals surface area contributed by atoms with Gasteiger partial charge in [-0.15, -0.1) is 0 Å². The Morgan fingerprint density at radius 3 is 2.31 bits per heavy atom. The second kappa shape index (κ2) is 11.8. The van der Waals surface area contributed by atoms with Crippen molar-refractivity contribution >= 4 is 34.6 Å². The molecule has 1 aliphatic rings. The molecule has 4 rings (SSSR count). The summed E-state index contributed by atoms with van der Waals surface area (Å²) in [6.45, 7) is 6.60. The Morgan fingerprint density at radius 1 is 0.971 bits per heavy atom. The number of rotatable bonds is 7. The van der Waals surface area contributed by atoms with Crippen LogP contribution in [-0.2, 0) is 6.54 Å². The molecule has 3 aromatic carbocycles. The van der Waals surface area contributed by atoms with Crippen molar-refractivity contribution in [1.82, 2.24) is 10.2 Å². The molecule has 0 unspecified atom stereocenters. The molecule has 6 nitrogen and oxygen atoms in total. The predicted octanol–water partition coefficient (Wildman–Crippen LogP) is 4.67. The highest BCUT2D eigenvalue weighted by molar-refractivity contribution is 7.80. The topological polar surface area (TPSA) is 56.8 Å². The van der Waals surface area contributed by atoms with Gasteiger partial charge in [0.15, 0.2) is 5.11 Å². The van der Waals surface area contributed by atoms with Gasteiger partial charge in [-0.3, -0.25) is 15.0 Å². The Kier molecular flexibility index (Phi) is 8.28. The number of carbonyl (C=O) groups excluding carboxylic acids is 1. The molecule has 0 saturated carbocycles. The first-order valence-corrected chi connectivity index (χ1v) is 12.1. The Labute approximate surface area is 210 Å². The smallest absolute Gasteiger partial charge is 0.257 e. The Hall–Kier alpha value is -3.49. The maximum atomic E-state index is 13.9. The van der Waals surface area contributed by atoms with E-state index in [-0.39, 0.29) is 16.8 Å². The number of nitrogens with one attached hydrogen (secondary N) is 2. The summed E-state index contributed by atoms with van der Waals surface area (Å²) in [4.78, 5) is 17.0. The lowest BCUT2D eigenvalue weighted by Crippen LogP contribution is -2.46. The Morgan fingerprint density at radius 2 is 1.66 bits per heavy atom. The van der Waals surface area contributed by atoms with Gasteiger partial charge in [0, 0.05) is 55.2 Å². The molecule has 35 heavy (non-hydrogen) atoms. The molecule has 0 aromatic heterocycles. The van der Waals surface area contributed by atoms with Crippen molar-refractivity contribution in [1.29, 1.82) is 0 Å². The van der Waals surface area contributed by atoms with E-state index in [0.29, 0.717) is 18.7 Å². The van der Waals surface area contributed by atoms with Gasteiger partial charge in [-0.1, -0.05) is 18.2 Å². The second-order valence-electron chi connectivity index (χ2n) is 8.27. The zero-order valence-electron chi connectivity index (χ0n) is 19.7. The van der Waals surface area contributed by atoms with Crippen LogP contribution in [0.25, 0.3) is 0 Å². The zero-order chi connectivity index (χ0) is 24.6. The molecule has 0 atom stereocenters. The third-order valence-electron chi connectivity index (χ3n) is 5.87. The molecular formula is C27H29FN4O2S. The van der Waals surface area contributed by atoms with Crippen molar-refractivity contribution in [3.63, 3.8) is 0 Å². The van der Waals surface area contributed by atoms with E-state index in [9.17, 15) is 9.18 Å². The fourth-order valence-corrected chi connectivity index (χ4v) is 4.20. The number of amides is 1. The van der Waals surface area contributed by atoms with Crippen LogP contribution in [0.1, 0.15) is 22.8 Å². The molecule has 182 valence electrons. The van der Waals surface area contributed by atoms with Crippen LogP contribution in [0.4, 0.5) is 15.8 Å². The summed E-state index contributed by atoms with van der Waals surface area (Å²) >= 11 is 5.30. The van der Waals surface area contributed by atoms with Crippen LogP contribution in [-0.4, -0.2) is 48.7 Å². The van der Waals surface area contributed by atoms with Gasteiger partial charge in [-0.25, -0.2) is 4.39 Å². The Balaban J connectivity index is 1.24. The van der Waals surface area contributed by atoms with Gasteiger partial charge < -0.3 is 15.0 Å². The SMILES string of the molecule is CCOc1ccc(C(=O)NC(=S)Nc2ccc(N3CCN(Cc4ccccc4F)CC3)cc2)cc1. The van der Waals surface area contributed by atoms with E-state index in [2.05, 4.69) is 20.4 Å². The quantitative estimate of drug-likeness (QED) is 0.468. The highest BCUT2D eigenvalue weighted by atomic mass is 32.1. The highest BCUT2D eigenvalue weighted by Gasteiger charge is 2.18. The van der Waals surface area contributed by atoms with E-state index in [1.165, 1.54) is 6.07 Å². The van der Waals surface area contributed by atoms with Crippen molar-refractivity contribution in [3.05, 3.63) is 89.7 Å². The van der Waals surface area contributed by atoms with Gasteiger partial charge in [-0.2, -0.15) is 0 Å². The minimum atomic E-state index is -0.282. The van der Waals surface area contributed by atoms with Crippen LogP contribution < -0.4 is 20.3 Å². The maximum Gasteiger partial charge on any atom is 0.257 e. The first-order valence-electron chi connectivity index (χ1n) is 11.7. The number of halogens is 1. The third kappa shape index (κ3) is 6.77. The summed E-state index contributed by atoms with van der Waals surface area (Å²) in [5.74, 6) is 0.290. The van der Waals surface area contributed by atoms with Crippen LogP contribution in [0.3, 0.4) is 0 Å². The van der Waals surface area contributed by atoms with Gasteiger partial charge in [0.1, 0.15) is 11.6 Å². The van der Waals surface area contributed by atoms with E-state index in [4.69, 9.17) is 17.0 Å². The maximum absolute atomic E-state index is 13.9. The summed E-state index contributed by atoms with van der Waals surface area (Å²) in [5.41, 5.74) is 3.15. The van der Waals surface area contributed by atoms with E-state index in [1.807, 2.05) is 43.3 Å². The summed E-state index contributed by atoms with van der Waals surface area (Å²) in [6, 6.07) is 21.8. The van der Waals surface area contributed by atoms with E-state index in [1.54, 1.807) is 30.3 Å². The number of piperazine rings is 1. The fourth-order valence-electron chi connectivity index (χ4n) is 3.99. The molecule has 0 radical (unpaired) electrons. The van der Waals surface area contributed by atoms with Gasteiger partial charge in [0.05, 0.1) is 6.61 Å². The van der Waals surface area contributed by atoms with Crippen molar-refractivity contribution in [2.75, 3.05) is 43.0 Å². The van der Waals surface area contributed by atoms with Gasteiger partial charge >= 0.3 is 0 Å². The lowest BCUT2D eigenvalue weighted by molar-refractivity contribution is 0.0977. The monoisotopic (exact) mass is 492 g/mol. The van der Waals surface area contributed by atoms with Gasteiger partial charge in [0.2, 0.25) is 0 Å². The zero-order valence-corrected chi connectivity index (χ0v) is 20.5. The van der Waals surface area contributed by atoms with E-state index >= 15 is 0 Å². The van der Waals surface area contributed by atoms with E-state index in [0.717, 1.165) is 48.9 Å². The Bertz CT molecular complexity index is 1150. The molecule has 1 heterocycles. The number of benzene rings is 3. The predicted molar refractivity (Wildman–Crippen MR) is 142 cm³/mol. The molecule has 1 amide bonds. The number of ether oxygens (including phenoxy) is 1. The molecule has 1 saturated heterocycles. The standard InChI is InChI=1S/C27H29FN4O2S/c1-2-34-24-13-7-20(8-14-24)26(33)30-27(35)29-22-9-11-23(12-10-22)32-17-15-31(16-18-32)19-21-5-3-4-6-25(21)28/h3-14H,2,15-19H2,1H3,(H2,29,30,33,35). The molecule has 8 heteroatoms. The number of hydrogen-bond acceptors (Lipinski definition) is 5.